The first-order valence-electron chi connectivity index (χ1n) is 12.7. The van der Waals surface area contributed by atoms with Crippen LogP contribution in [0.4, 0.5) is 0 Å². The second kappa shape index (κ2) is 12.3. The number of nitrogens with zero attached hydrogens (tertiary/aromatic N) is 1. The minimum absolute atomic E-state index is 0.0722. The number of ether oxygens (including phenoxy) is 2. The van der Waals surface area contributed by atoms with Crippen LogP contribution in [-0.2, 0) is 16.0 Å². The third-order valence-electron chi connectivity index (χ3n) is 6.58. The number of unbranched alkanes of at least 4 members (excludes halogenated alkanes) is 2. The molecule has 1 atom stereocenters. The van der Waals surface area contributed by atoms with Gasteiger partial charge in [-0.05, 0) is 48.2 Å². The van der Waals surface area contributed by atoms with E-state index in [-0.39, 0.29) is 11.3 Å². The Morgan fingerprint density at radius 2 is 1.68 bits per heavy atom. The summed E-state index contributed by atoms with van der Waals surface area (Å²) in [6.45, 7) is 3.12. The lowest BCUT2D eigenvalue weighted by molar-refractivity contribution is -0.139. The molecule has 0 radical (unpaired) electrons. The number of aliphatic hydroxyl groups excluding tert-OH is 1. The van der Waals surface area contributed by atoms with Crippen LogP contribution < -0.4 is 9.47 Å². The Balaban J connectivity index is 1.69. The minimum Gasteiger partial charge on any atom is -0.507 e. The van der Waals surface area contributed by atoms with Gasteiger partial charge in [-0.3, -0.25) is 9.59 Å². The molecule has 1 aliphatic heterocycles. The molecule has 0 spiro atoms. The number of Topliss-reactive ketones (excluding diaryl/α,β-unsaturated/α-hetero) is 1. The van der Waals surface area contributed by atoms with Crippen LogP contribution in [-0.4, -0.2) is 42.0 Å². The fraction of sp³-hybridized carbons (Fsp3) is 0.290. The number of amides is 1. The Morgan fingerprint density at radius 1 is 0.919 bits per heavy atom. The summed E-state index contributed by atoms with van der Waals surface area (Å²) < 4.78 is 11.1. The van der Waals surface area contributed by atoms with Crippen molar-refractivity contribution in [2.75, 3.05) is 20.3 Å². The molecule has 1 N–H and O–H groups in total. The van der Waals surface area contributed by atoms with E-state index in [1.807, 2.05) is 54.6 Å². The number of hydrogen-bond donors (Lipinski definition) is 1. The maximum atomic E-state index is 13.3. The zero-order chi connectivity index (χ0) is 26.2. The monoisotopic (exact) mass is 499 g/mol. The smallest absolute Gasteiger partial charge is 0.295 e. The highest BCUT2D eigenvalue weighted by atomic mass is 16.5. The molecule has 6 heteroatoms. The lowest BCUT2D eigenvalue weighted by Crippen LogP contribution is -2.31. The van der Waals surface area contributed by atoms with Gasteiger partial charge in [-0.25, -0.2) is 0 Å². The Labute approximate surface area is 218 Å². The zero-order valence-corrected chi connectivity index (χ0v) is 21.4. The van der Waals surface area contributed by atoms with Crippen molar-refractivity contribution in [1.29, 1.82) is 0 Å². The Kier molecular flexibility index (Phi) is 8.62. The third-order valence-corrected chi connectivity index (χ3v) is 6.58. The van der Waals surface area contributed by atoms with Crippen LogP contribution in [0.3, 0.4) is 0 Å². The molecule has 0 aliphatic carbocycles. The highest BCUT2D eigenvalue weighted by Crippen LogP contribution is 2.40. The molecule has 1 amide bonds. The molecule has 0 saturated carbocycles. The maximum absolute atomic E-state index is 13.3. The first kappa shape index (κ1) is 26.0. The number of aliphatic hydroxyl groups is 1. The van der Waals surface area contributed by atoms with Crippen molar-refractivity contribution in [3.63, 3.8) is 0 Å². The Hall–Kier alpha value is -4.06. The number of rotatable bonds is 11. The topological polar surface area (TPSA) is 76.1 Å². The summed E-state index contributed by atoms with van der Waals surface area (Å²) >= 11 is 0. The van der Waals surface area contributed by atoms with E-state index in [0.29, 0.717) is 30.9 Å². The SMILES string of the molecule is CCCCCOc1ccc(C2C(=C(O)c3cccc(OC)c3)C(=O)C(=O)N2CCc2ccccc2)cc1. The molecular weight excluding hydrogens is 466 g/mol. The number of likely N-dealkylation sites (tertiary alicyclic amines) is 1. The van der Waals surface area contributed by atoms with E-state index in [1.54, 1.807) is 29.2 Å². The fourth-order valence-corrected chi connectivity index (χ4v) is 4.57. The third kappa shape index (κ3) is 6.02. The maximum Gasteiger partial charge on any atom is 0.295 e. The van der Waals surface area contributed by atoms with Gasteiger partial charge in [0.15, 0.2) is 0 Å². The number of benzene rings is 3. The van der Waals surface area contributed by atoms with Crippen LogP contribution in [0.2, 0.25) is 0 Å². The minimum atomic E-state index is -0.718. The van der Waals surface area contributed by atoms with Crippen molar-refractivity contribution < 1.29 is 24.2 Å². The molecule has 6 nitrogen and oxygen atoms in total. The van der Waals surface area contributed by atoms with Gasteiger partial charge >= 0.3 is 0 Å². The molecule has 1 unspecified atom stereocenters. The first-order chi connectivity index (χ1) is 18.0. The van der Waals surface area contributed by atoms with E-state index in [0.717, 1.165) is 36.1 Å². The molecule has 0 aromatic heterocycles. The number of carbonyl (C=O) groups excluding carboxylic acids is 2. The van der Waals surface area contributed by atoms with Crippen molar-refractivity contribution in [3.8, 4) is 11.5 Å². The zero-order valence-electron chi connectivity index (χ0n) is 21.4. The highest BCUT2D eigenvalue weighted by Gasteiger charge is 2.45. The van der Waals surface area contributed by atoms with Crippen LogP contribution in [0.15, 0.2) is 84.4 Å². The van der Waals surface area contributed by atoms with Gasteiger partial charge < -0.3 is 19.5 Å². The van der Waals surface area contributed by atoms with Crippen LogP contribution in [0.5, 0.6) is 11.5 Å². The van der Waals surface area contributed by atoms with Gasteiger partial charge in [0.25, 0.3) is 11.7 Å². The molecule has 0 bridgehead atoms. The van der Waals surface area contributed by atoms with Crippen molar-refractivity contribution in [3.05, 3.63) is 101 Å². The lowest BCUT2D eigenvalue weighted by Gasteiger charge is -2.25. The summed E-state index contributed by atoms with van der Waals surface area (Å²) in [6, 6.07) is 23.4. The standard InChI is InChI=1S/C31H33NO5/c1-3-4-8-20-37-25-16-14-23(15-17-25)28-27(29(33)24-12-9-13-26(21-24)36-2)30(34)31(35)32(28)19-18-22-10-6-5-7-11-22/h5-7,9-17,21,28,33H,3-4,8,18-20H2,1-2H3. The van der Waals surface area contributed by atoms with Crippen molar-refractivity contribution in [2.45, 2.75) is 38.6 Å². The predicted octanol–water partition coefficient (Wildman–Crippen LogP) is 5.93. The normalized spacial score (nSPS) is 16.7. The average Bonchev–Trinajstić information content (AvgIpc) is 3.19. The van der Waals surface area contributed by atoms with E-state index in [2.05, 4.69) is 6.92 Å². The van der Waals surface area contributed by atoms with Crippen molar-refractivity contribution in [1.82, 2.24) is 4.90 Å². The molecule has 1 saturated heterocycles. The van der Waals surface area contributed by atoms with Crippen LogP contribution >= 0.6 is 0 Å². The van der Waals surface area contributed by atoms with Gasteiger partial charge in [-0.1, -0.05) is 74.4 Å². The van der Waals surface area contributed by atoms with Gasteiger partial charge in [0.05, 0.1) is 25.3 Å². The first-order valence-corrected chi connectivity index (χ1v) is 12.7. The predicted molar refractivity (Wildman–Crippen MR) is 144 cm³/mol. The largest absolute Gasteiger partial charge is 0.507 e. The molecule has 1 fully saturated rings. The van der Waals surface area contributed by atoms with Gasteiger partial charge in [-0.2, -0.15) is 0 Å². The van der Waals surface area contributed by atoms with E-state index in [9.17, 15) is 14.7 Å². The summed E-state index contributed by atoms with van der Waals surface area (Å²) in [5, 5.41) is 11.3. The van der Waals surface area contributed by atoms with Gasteiger partial charge in [0.1, 0.15) is 17.3 Å². The van der Waals surface area contributed by atoms with Crippen LogP contribution in [0.1, 0.15) is 48.9 Å². The van der Waals surface area contributed by atoms with Gasteiger partial charge in [0, 0.05) is 12.1 Å². The number of ketones is 1. The van der Waals surface area contributed by atoms with Crippen LogP contribution in [0, 0.1) is 0 Å². The second-order valence-corrected chi connectivity index (χ2v) is 9.08. The lowest BCUT2D eigenvalue weighted by atomic mass is 9.95. The van der Waals surface area contributed by atoms with Gasteiger partial charge in [-0.15, -0.1) is 0 Å². The summed E-state index contributed by atoms with van der Waals surface area (Å²) in [7, 11) is 1.54. The second-order valence-electron chi connectivity index (χ2n) is 9.08. The van der Waals surface area contributed by atoms with Crippen molar-refractivity contribution >= 4 is 17.4 Å². The molecule has 4 rings (SSSR count). The van der Waals surface area contributed by atoms with E-state index in [1.165, 1.54) is 7.11 Å². The van der Waals surface area contributed by atoms with Crippen molar-refractivity contribution in [2.24, 2.45) is 0 Å². The molecule has 1 heterocycles. The summed E-state index contributed by atoms with van der Waals surface area (Å²) in [5.74, 6) is -0.259. The summed E-state index contributed by atoms with van der Waals surface area (Å²) in [4.78, 5) is 28.1. The van der Waals surface area contributed by atoms with Gasteiger partial charge in [0.2, 0.25) is 0 Å². The summed E-state index contributed by atoms with van der Waals surface area (Å²) in [5.41, 5.74) is 2.29. The average molecular weight is 500 g/mol. The number of methoxy groups -OCH3 is 1. The highest BCUT2D eigenvalue weighted by molar-refractivity contribution is 6.46. The van der Waals surface area contributed by atoms with Crippen LogP contribution in [0.25, 0.3) is 5.76 Å². The molecule has 1 aliphatic rings. The fourth-order valence-electron chi connectivity index (χ4n) is 4.57. The summed E-state index contributed by atoms with van der Waals surface area (Å²) in [6.07, 6.45) is 3.80. The Bertz CT molecular complexity index is 1250. The Morgan fingerprint density at radius 3 is 2.38 bits per heavy atom. The molecule has 3 aromatic rings. The van der Waals surface area contributed by atoms with E-state index in [4.69, 9.17) is 9.47 Å². The quantitative estimate of drug-likeness (QED) is 0.153. The molecular formula is C31H33NO5. The number of carbonyl (C=O) groups is 2. The molecule has 3 aromatic carbocycles. The molecule has 37 heavy (non-hydrogen) atoms. The molecule has 192 valence electrons. The number of hydrogen-bond acceptors (Lipinski definition) is 5. The van der Waals surface area contributed by atoms with E-state index < -0.39 is 17.7 Å². The van der Waals surface area contributed by atoms with E-state index >= 15 is 0 Å².